The molecule has 1 aliphatic heterocycles. The summed E-state index contributed by atoms with van der Waals surface area (Å²) in [5.74, 6) is 0.189. The second-order valence-corrected chi connectivity index (χ2v) is 5.83. The normalized spacial score (nSPS) is 16.3. The molecule has 0 spiro atoms. The van der Waals surface area contributed by atoms with E-state index in [2.05, 4.69) is 26.8 Å². The summed E-state index contributed by atoms with van der Waals surface area (Å²) >= 11 is 0. The van der Waals surface area contributed by atoms with Gasteiger partial charge in [0.1, 0.15) is 0 Å². The number of carbonyl (C=O) groups is 1. The van der Waals surface area contributed by atoms with E-state index >= 15 is 0 Å². The van der Waals surface area contributed by atoms with E-state index < -0.39 is 0 Å². The Morgan fingerprint density at radius 3 is 2.41 bits per heavy atom. The minimum atomic E-state index is 0.0985. The summed E-state index contributed by atoms with van der Waals surface area (Å²) in [6.07, 6.45) is 2.29. The lowest BCUT2D eigenvalue weighted by molar-refractivity contribution is 0.0792. The Labute approximate surface area is 104 Å². The largest absolute Gasteiger partial charge is 0.339 e. The van der Waals surface area contributed by atoms with Crippen LogP contribution >= 0.6 is 0 Å². The van der Waals surface area contributed by atoms with Crippen LogP contribution in [-0.4, -0.2) is 23.9 Å². The Hall–Kier alpha value is -1.31. The summed E-state index contributed by atoms with van der Waals surface area (Å²) in [6, 6.07) is 8.06. The van der Waals surface area contributed by atoms with Gasteiger partial charge in [-0.1, -0.05) is 32.9 Å². The fourth-order valence-electron chi connectivity index (χ4n) is 2.22. The van der Waals surface area contributed by atoms with E-state index in [9.17, 15) is 4.79 Å². The lowest BCUT2D eigenvalue weighted by Crippen LogP contribution is -2.28. The van der Waals surface area contributed by atoms with Crippen molar-refractivity contribution in [3.8, 4) is 0 Å². The number of amides is 1. The molecule has 0 N–H and O–H groups in total. The Balaban J connectivity index is 2.24. The van der Waals surface area contributed by atoms with E-state index in [4.69, 9.17) is 0 Å². The molecule has 2 rings (SSSR count). The number of carbonyl (C=O) groups excluding carboxylic acids is 1. The lowest BCUT2D eigenvalue weighted by Gasteiger charge is -2.21. The molecule has 1 heterocycles. The molecule has 0 aliphatic carbocycles. The zero-order valence-electron chi connectivity index (χ0n) is 11.0. The first-order valence-electron chi connectivity index (χ1n) is 6.38. The van der Waals surface area contributed by atoms with Gasteiger partial charge in [0.2, 0.25) is 0 Å². The minimum Gasteiger partial charge on any atom is -0.339 e. The fraction of sp³-hybridized carbons (Fsp3) is 0.533. The molecule has 2 nitrogen and oxygen atoms in total. The van der Waals surface area contributed by atoms with Crippen molar-refractivity contribution in [1.29, 1.82) is 0 Å². The smallest absolute Gasteiger partial charge is 0.253 e. The van der Waals surface area contributed by atoms with Gasteiger partial charge in [-0.3, -0.25) is 4.79 Å². The summed E-state index contributed by atoms with van der Waals surface area (Å²) in [7, 11) is 0. The lowest BCUT2D eigenvalue weighted by atomic mass is 9.86. The zero-order valence-corrected chi connectivity index (χ0v) is 11.0. The van der Waals surface area contributed by atoms with Gasteiger partial charge in [0.25, 0.3) is 5.91 Å². The van der Waals surface area contributed by atoms with E-state index in [0.717, 1.165) is 31.5 Å². The van der Waals surface area contributed by atoms with Gasteiger partial charge < -0.3 is 4.90 Å². The second kappa shape index (κ2) is 4.52. The monoisotopic (exact) mass is 231 g/mol. The van der Waals surface area contributed by atoms with Gasteiger partial charge in [0, 0.05) is 18.7 Å². The van der Waals surface area contributed by atoms with Crippen molar-refractivity contribution in [2.45, 2.75) is 39.0 Å². The molecule has 0 bridgehead atoms. The van der Waals surface area contributed by atoms with Crippen molar-refractivity contribution in [2.24, 2.45) is 0 Å². The molecule has 0 atom stereocenters. The molecule has 1 saturated heterocycles. The van der Waals surface area contributed by atoms with Crippen LogP contribution in [0.25, 0.3) is 0 Å². The van der Waals surface area contributed by atoms with Crippen molar-refractivity contribution < 1.29 is 4.79 Å². The van der Waals surface area contributed by atoms with Gasteiger partial charge in [-0.2, -0.15) is 0 Å². The van der Waals surface area contributed by atoms with Crippen molar-refractivity contribution in [3.05, 3.63) is 35.4 Å². The van der Waals surface area contributed by atoms with Gasteiger partial charge in [0.05, 0.1) is 0 Å². The third-order valence-corrected chi connectivity index (χ3v) is 3.37. The maximum Gasteiger partial charge on any atom is 0.253 e. The molecular formula is C15H21NO. The van der Waals surface area contributed by atoms with E-state index in [1.807, 2.05) is 23.1 Å². The Bertz CT molecular complexity index is 411. The highest BCUT2D eigenvalue weighted by Gasteiger charge is 2.21. The predicted molar refractivity (Wildman–Crippen MR) is 70.3 cm³/mol. The molecule has 0 unspecified atom stereocenters. The van der Waals surface area contributed by atoms with Crippen LogP contribution in [0.2, 0.25) is 0 Å². The fourth-order valence-corrected chi connectivity index (χ4v) is 2.22. The SMILES string of the molecule is CC(C)(C)c1cccc(C(=O)N2CCCC2)c1. The Morgan fingerprint density at radius 1 is 1.18 bits per heavy atom. The van der Waals surface area contributed by atoms with Crippen molar-refractivity contribution in [3.63, 3.8) is 0 Å². The van der Waals surface area contributed by atoms with E-state index in [-0.39, 0.29) is 11.3 Å². The van der Waals surface area contributed by atoms with Crippen LogP contribution in [0, 0.1) is 0 Å². The summed E-state index contributed by atoms with van der Waals surface area (Å²) in [6.45, 7) is 8.35. The summed E-state index contributed by atoms with van der Waals surface area (Å²) < 4.78 is 0. The van der Waals surface area contributed by atoms with Crippen LogP contribution in [0.15, 0.2) is 24.3 Å². The van der Waals surface area contributed by atoms with Crippen LogP contribution < -0.4 is 0 Å². The van der Waals surface area contributed by atoms with Crippen LogP contribution in [0.5, 0.6) is 0 Å². The number of hydrogen-bond donors (Lipinski definition) is 0. The van der Waals surface area contributed by atoms with E-state index in [0.29, 0.717) is 0 Å². The van der Waals surface area contributed by atoms with Gasteiger partial charge >= 0.3 is 0 Å². The van der Waals surface area contributed by atoms with Gasteiger partial charge in [-0.15, -0.1) is 0 Å². The van der Waals surface area contributed by atoms with Crippen molar-refractivity contribution in [2.75, 3.05) is 13.1 Å². The number of hydrogen-bond acceptors (Lipinski definition) is 1. The molecule has 1 aromatic rings. The first-order valence-corrected chi connectivity index (χ1v) is 6.38. The number of rotatable bonds is 1. The van der Waals surface area contributed by atoms with Crippen LogP contribution in [0.1, 0.15) is 49.5 Å². The predicted octanol–water partition coefficient (Wildman–Crippen LogP) is 3.22. The molecule has 1 aromatic carbocycles. The molecule has 1 fully saturated rings. The van der Waals surface area contributed by atoms with E-state index in [1.165, 1.54) is 5.56 Å². The third kappa shape index (κ3) is 2.68. The Kier molecular flexibility index (Phi) is 3.23. The average Bonchev–Trinajstić information content (AvgIpc) is 2.80. The molecule has 92 valence electrons. The first-order chi connectivity index (χ1) is 7.98. The maximum absolute atomic E-state index is 12.3. The molecule has 0 saturated carbocycles. The van der Waals surface area contributed by atoms with Crippen molar-refractivity contribution in [1.82, 2.24) is 4.90 Å². The summed E-state index contributed by atoms with van der Waals surface area (Å²) in [5, 5.41) is 0. The highest BCUT2D eigenvalue weighted by atomic mass is 16.2. The molecule has 0 radical (unpaired) electrons. The highest BCUT2D eigenvalue weighted by Crippen LogP contribution is 2.23. The quantitative estimate of drug-likeness (QED) is 0.726. The van der Waals surface area contributed by atoms with Gasteiger partial charge in [-0.05, 0) is 36.0 Å². The number of nitrogens with zero attached hydrogens (tertiary/aromatic N) is 1. The van der Waals surface area contributed by atoms with Crippen molar-refractivity contribution >= 4 is 5.91 Å². The Morgan fingerprint density at radius 2 is 1.82 bits per heavy atom. The standard InChI is InChI=1S/C15H21NO/c1-15(2,3)13-8-6-7-12(11-13)14(17)16-9-4-5-10-16/h6-8,11H,4-5,9-10H2,1-3H3. The molecule has 0 aromatic heterocycles. The average molecular weight is 231 g/mol. The molecule has 1 amide bonds. The summed E-state index contributed by atoms with van der Waals surface area (Å²) in [5.41, 5.74) is 2.16. The van der Waals surface area contributed by atoms with Crippen LogP contribution in [0.3, 0.4) is 0 Å². The molecular weight excluding hydrogens is 210 g/mol. The third-order valence-electron chi connectivity index (χ3n) is 3.37. The molecule has 2 heteroatoms. The van der Waals surface area contributed by atoms with Crippen LogP contribution in [-0.2, 0) is 5.41 Å². The van der Waals surface area contributed by atoms with E-state index in [1.54, 1.807) is 0 Å². The van der Waals surface area contributed by atoms with Gasteiger partial charge in [-0.25, -0.2) is 0 Å². The molecule has 1 aliphatic rings. The highest BCUT2D eigenvalue weighted by molar-refractivity contribution is 5.94. The topological polar surface area (TPSA) is 20.3 Å². The number of benzene rings is 1. The summed E-state index contributed by atoms with van der Waals surface area (Å²) in [4.78, 5) is 14.2. The minimum absolute atomic E-state index is 0.0985. The van der Waals surface area contributed by atoms with Gasteiger partial charge in [0.15, 0.2) is 0 Å². The maximum atomic E-state index is 12.3. The molecule has 17 heavy (non-hydrogen) atoms. The van der Waals surface area contributed by atoms with Crippen LogP contribution in [0.4, 0.5) is 0 Å². The number of likely N-dealkylation sites (tertiary alicyclic amines) is 1. The first kappa shape index (κ1) is 12.2. The zero-order chi connectivity index (χ0) is 12.5. The second-order valence-electron chi connectivity index (χ2n) is 5.83.